The van der Waals surface area contributed by atoms with Crippen LogP contribution in [0.3, 0.4) is 0 Å². The largest absolute Gasteiger partial charge is 0.368 e. The van der Waals surface area contributed by atoms with Crippen LogP contribution in [0.25, 0.3) is 0 Å². The molecular formula is C9H15N5OS. The third kappa shape index (κ3) is 2.05. The van der Waals surface area contributed by atoms with Crippen LogP contribution in [0.5, 0.6) is 0 Å². The van der Waals surface area contributed by atoms with E-state index in [2.05, 4.69) is 20.5 Å². The lowest BCUT2D eigenvalue weighted by molar-refractivity contribution is -0.124. The Hall–Kier alpha value is -1.08. The molecule has 1 unspecified atom stereocenters. The Bertz CT molecular complexity index is 364. The predicted octanol–water partition coefficient (Wildman–Crippen LogP) is -0.250. The number of H-pyrrole nitrogens is 1. The molecule has 1 aliphatic rings. The highest BCUT2D eigenvalue weighted by Gasteiger charge is 2.48. The number of amides is 1. The Balaban J connectivity index is 2.04. The van der Waals surface area contributed by atoms with Crippen LogP contribution in [-0.2, 0) is 4.79 Å². The number of rotatable bonds is 6. The number of nitrogens with one attached hydrogen (secondary N) is 2. The molecule has 1 aromatic heterocycles. The molecule has 0 bridgehead atoms. The number of hydrogen-bond donors (Lipinski definition) is 3. The molecule has 0 aliphatic heterocycles. The van der Waals surface area contributed by atoms with Crippen molar-refractivity contribution in [1.29, 1.82) is 0 Å². The number of nitrogens with zero attached hydrogens (tertiary/aromatic N) is 2. The van der Waals surface area contributed by atoms with E-state index in [4.69, 9.17) is 5.73 Å². The monoisotopic (exact) mass is 241 g/mol. The average Bonchev–Trinajstić information content (AvgIpc) is 2.97. The first-order valence-corrected chi connectivity index (χ1v) is 6.14. The van der Waals surface area contributed by atoms with Gasteiger partial charge in [-0.15, -0.1) is 0 Å². The minimum Gasteiger partial charge on any atom is -0.368 e. The van der Waals surface area contributed by atoms with Gasteiger partial charge in [-0.05, 0) is 25.8 Å². The van der Waals surface area contributed by atoms with Gasteiger partial charge >= 0.3 is 0 Å². The number of thioether (sulfide) groups is 1. The van der Waals surface area contributed by atoms with E-state index in [-0.39, 0.29) is 5.91 Å². The Morgan fingerprint density at radius 2 is 2.56 bits per heavy atom. The van der Waals surface area contributed by atoms with Crippen molar-refractivity contribution in [2.75, 3.05) is 12.8 Å². The zero-order valence-corrected chi connectivity index (χ0v) is 9.88. The van der Waals surface area contributed by atoms with Gasteiger partial charge in [0.15, 0.2) is 5.16 Å². The van der Waals surface area contributed by atoms with Crippen molar-refractivity contribution in [3.63, 3.8) is 0 Å². The van der Waals surface area contributed by atoms with Crippen molar-refractivity contribution in [3.05, 3.63) is 6.33 Å². The maximum Gasteiger partial charge on any atom is 0.238 e. The smallest absolute Gasteiger partial charge is 0.238 e. The zero-order valence-electron chi connectivity index (χ0n) is 9.06. The van der Waals surface area contributed by atoms with Crippen LogP contribution in [0.1, 0.15) is 12.8 Å². The fourth-order valence-corrected chi connectivity index (χ4v) is 2.94. The molecular weight excluding hydrogens is 226 g/mol. The number of nitrogens with two attached hydrogens (primary N) is 1. The summed E-state index contributed by atoms with van der Waals surface area (Å²) in [6.07, 6.45) is 3.56. The van der Waals surface area contributed by atoms with Gasteiger partial charge < -0.3 is 11.1 Å². The molecule has 1 amide bonds. The van der Waals surface area contributed by atoms with E-state index in [0.717, 1.165) is 12.8 Å². The maximum absolute atomic E-state index is 11.6. The molecule has 0 spiro atoms. The molecule has 1 saturated carbocycles. The minimum absolute atomic E-state index is 0.287. The van der Waals surface area contributed by atoms with Gasteiger partial charge in [0.05, 0.1) is 0 Å². The van der Waals surface area contributed by atoms with Crippen molar-refractivity contribution in [2.45, 2.75) is 23.5 Å². The lowest BCUT2D eigenvalue weighted by Crippen LogP contribution is -2.57. The van der Waals surface area contributed by atoms with Crippen LogP contribution in [0, 0.1) is 5.92 Å². The fourth-order valence-electron chi connectivity index (χ4n) is 1.81. The summed E-state index contributed by atoms with van der Waals surface area (Å²) in [5, 5.41) is 10.3. The summed E-state index contributed by atoms with van der Waals surface area (Å²) in [5.41, 5.74) is 4.89. The lowest BCUT2D eigenvalue weighted by Gasteiger charge is -2.29. The molecule has 7 heteroatoms. The highest BCUT2D eigenvalue weighted by atomic mass is 32.2. The molecule has 4 N–H and O–H groups in total. The van der Waals surface area contributed by atoms with Crippen molar-refractivity contribution < 1.29 is 4.79 Å². The van der Waals surface area contributed by atoms with Crippen LogP contribution in [-0.4, -0.2) is 39.4 Å². The number of likely N-dealkylation sites (N-methyl/N-ethyl adjacent to an activating group) is 1. The number of carbonyl (C=O) groups is 1. The second kappa shape index (κ2) is 4.42. The first-order chi connectivity index (χ1) is 7.69. The van der Waals surface area contributed by atoms with Gasteiger partial charge in [-0.3, -0.25) is 9.89 Å². The highest BCUT2D eigenvalue weighted by Crippen LogP contribution is 2.41. The van der Waals surface area contributed by atoms with Gasteiger partial charge in [0, 0.05) is 5.75 Å². The molecule has 1 aliphatic carbocycles. The summed E-state index contributed by atoms with van der Waals surface area (Å²) in [5.74, 6) is 0.647. The summed E-state index contributed by atoms with van der Waals surface area (Å²) in [4.78, 5) is 15.6. The number of carbonyl (C=O) groups excluding carboxylic acids is 1. The van der Waals surface area contributed by atoms with Crippen molar-refractivity contribution >= 4 is 17.7 Å². The maximum atomic E-state index is 11.6. The zero-order chi connectivity index (χ0) is 11.6. The lowest BCUT2D eigenvalue weighted by atomic mass is 9.95. The third-order valence-corrected chi connectivity index (χ3v) is 4.06. The normalized spacial score (nSPS) is 19.3. The molecule has 0 radical (unpaired) electrons. The SMILES string of the molecule is CNC(CSc1ncn[nH]1)(C(N)=O)C1CC1. The van der Waals surface area contributed by atoms with E-state index in [1.807, 2.05) is 0 Å². The summed E-state index contributed by atoms with van der Waals surface area (Å²) < 4.78 is 0. The highest BCUT2D eigenvalue weighted by molar-refractivity contribution is 7.99. The second-order valence-electron chi connectivity index (χ2n) is 3.94. The first-order valence-electron chi connectivity index (χ1n) is 5.16. The Kier molecular flexibility index (Phi) is 3.15. The standard InChI is InChI=1S/C9H15N5OS/c1-11-9(7(10)15,6-2-3-6)4-16-8-12-5-13-14-8/h5-6,11H,2-4H2,1H3,(H2,10,15)(H,12,13,14). The molecule has 16 heavy (non-hydrogen) atoms. The number of aromatic amines is 1. The summed E-state index contributed by atoms with van der Waals surface area (Å²) in [6, 6.07) is 0. The van der Waals surface area contributed by atoms with Crippen LogP contribution >= 0.6 is 11.8 Å². The van der Waals surface area contributed by atoms with E-state index >= 15 is 0 Å². The quantitative estimate of drug-likeness (QED) is 0.597. The predicted molar refractivity (Wildman–Crippen MR) is 60.8 cm³/mol. The van der Waals surface area contributed by atoms with Crippen molar-refractivity contribution in [2.24, 2.45) is 11.7 Å². The van der Waals surface area contributed by atoms with Crippen molar-refractivity contribution in [3.8, 4) is 0 Å². The van der Waals surface area contributed by atoms with Gasteiger partial charge in [-0.1, -0.05) is 11.8 Å². The summed E-state index contributed by atoms with van der Waals surface area (Å²) in [7, 11) is 1.78. The van der Waals surface area contributed by atoms with Crippen molar-refractivity contribution in [1.82, 2.24) is 20.5 Å². The van der Waals surface area contributed by atoms with E-state index in [9.17, 15) is 4.79 Å². The van der Waals surface area contributed by atoms with Crippen LogP contribution in [0.4, 0.5) is 0 Å². The fraction of sp³-hybridized carbons (Fsp3) is 0.667. The van der Waals surface area contributed by atoms with Gasteiger partial charge in [-0.2, -0.15) is 5.10 Å². The molecule has 2 rings (SSSR count). The van der Waals surface area contributed by atoms with Crippen LogP contribution < -0.4 is 11.1 Å². The Labute approximate surface area is 97.8 Å². The first kappa shape index (κ1) is 11.4. The van der Waals surface area contributed by atoms with Crippen LogP contribution in [0.2, 0.25) is 0 Å². The molecule has 0 saturated heterocycles. The number of primary amides is 1. The Morgan fingerprint density at radius 3 is 3.00 bits per heavy atom. The molecule has 88 valence electrons. The van der Waals surface area contributed by atoms with E-state index < -0.39 is 5.54 Å². The summed E-state index contributed by atoms with van der Waals surface area (Å²) >= 11 is 1.46. The van der Waals surface area contributed by atoms with Gasteiger partial charge in [-0.25, -0.2) is 4.98 Å². The summed E-state index contributed by atoms with van der Waals surface area (Å²) in [6.45, 7) is 0. The second-order valence-corrected chi connectivity index (χ2v) is 4.90. The van der Waals surface area contributed by atoms with Gasteiger partial charge in [0.25, 0.3) is 0 Å². The molecule has 1 atom stereocenters. The number of aromatic nitrogens is 3. The van der Waals surface area contributed by atoms with E-state index in [1.54, 1.807) is 7.05 Å². The molecule has 1 fully saturated rings. The molecule has 1 aromatic rings. The third-order valence-electron chi connectivity index (χ3n) is 2.99. The molecule has 6 nitrogen and oxygen atoms in total. The van der Waals surface area contributed by atoms with E-state index in [0.29, 0.717) is 16.8 Å². The minimum atomic E-state index is -0.614. The van der Waals surface area contributed by atoms with Crippen LogP contribution in [0.15, 0.2) is 11.5 Å². The Morgan fingerprint density at radius 1 is 1.81 bits per heavy atom. The topological polar surface area (TPSA) is 96.7 Å². The number of hydrogen-bond acceptors (Lipinski definition) is 5. The van der Waals surface area contributed by atoms with Gasteiger partial charge in [0.2, 0.25) is 5.91 Å². The van der Waals surface area contributed by atoms with E-state index in [1.165, 1.54) is 18.1 Å². The molecule has 1 heterocycles. The molecule has 0 aromatic carbocycles. The van der Waals surface area contributed by atoms with Gasteiger partial charge in [0.1, 0.15) is 11.9 Å². The average molecular weight is 241 g/mol.